The zero-order valence-electron chi connectivity index (χ0n) is 14.1. The number of amides is 1. The van der Waals surface area contributed by atoms with Crippen molar-refractivity contribution in [2.75, 3.05) is 0 Å². The molecule has 3 aromatic rings. The van der Waals surface area contributed by atoms with E-state index in [0.29, 0.717) is 11.6 Å². The second kappa shape index (κ2) is 7.33. The van der Waals surface area contributed by atoms with E-state index >= 15 is 0 Å². The summed E-state index contributed by atoms with van der Waals surface area (Å²) in [7, 11) is 0. The Bertz CT molecular complexity index is 865. The van der Waals surface area contributed by atoms with Gasteiger partial charge in [-0.2, -0.15) is 0 Å². The van der Waals surface area contributed by atoms with Gasteiger partial charge in [0.15, 0.2) is 5.69 Å². The highest BCUT2D eigenvalue weighted by molar-refractivity contribution is 6.30. The van der Waals surface area contributed by atoms with E-state index in [9.17, 15) is 4.79 Å². The summed E-state index contributed by atoms with van der Waals surface area (Å²) in [4.78, 5) is 20.1. The zero-order valence-corrected chi connectivity index (χ0v) is 14.9. The molecule has 2 heterocycles. The Morgan fingerprint density at radius 1 is 1.15 bits per heavy atom. The molecule has 1 amide bonds. The number of benzene rings is 1. The Morgan fingerprint density at radius 3 is 2.62 bits per heavy atom. The molecular weight excluding hydrogens is 352 g/mol. The highest BCUT2D eigenvalue weighted by atomic mass is 35.5. The van der Waals surface area contributed by atoms with E-state index in [1.165, 1.54) is 6.26 Å². The van der Waals surface area contributed by atoms with Gasteiger partial charge in [0.2, 0.25) is 0 Å². The van der Waals surface area contributed by atoms with Crippen LogP contribution < -0.4 is 5.32 Å². The van der Waals surface area contributed by atoms with Crippen LogP contribution in [-0.2, 0) is 0 Å². The van der Waals surface area contributed by atoms with Gasteiger partial charge in [-0.05, 0) is 37.8 Å². The number of imidazole rings is 1. The first-order valence-electron chi connectivity index (χ1n) is 8.71. The van der Waals surface area contributed by atoms with Crippen LogP contribution in [-0.4, -0.2) is 27.1 Å². The Kier molecular flexibility index (Phi) is 4.75. The summed E-state index contributed by atoms with van der Waals surface area (Å²) in [6.45, 7) is 0. The molecule has 2 N–H and O–H groups in total. The fraction of sp³-hybridized carbons (Fsp3) is 0.316. The first-order valence-corrected chi connectivity index (χ1v) is 9.09. The lowest BCUT2D eigenvalue weighted by molar-refractivity contribution is 0.0916. The largest absolute Gasteiger partial charge is 0.364 e. The minimum atomic E-state index is -0.176. The molecule has 4 rings (SSSR count). The van der Waals surface area contributed by atoms with E-state index in [4.69, 9.17) is 21.1 Å². The van der Waals surface area contributed by atoms with Crippen molar-refractivity contribution in [1.82, 2.24) is 20.4 Å². The molecule has 0 spiro atoms. The summed E-state index contributed by atoms with van der Waals surface area (Å²) in [6.07, 6.45) is 7.16. The minimum Gasteiger partial charge on any atom is -0.364 e. The normalized spacial score (nSPS) is 20.0. The summed E-state index contributed by atoms with van der Waals surface area (Å²) in [5, 5.41) is 7.41. The fourth-order valence-electron chi connectivity index (χ4n) is 3.41. The number of hydrogen-bond acceptors (Lipinski definition) is 4. The second-order valence-corrected chi connectivity index (χ2v) is 7.02. The number of nitrogens with zero attached hydrogens (tertiary/aromatic N) is 2. The van der Waals surface area contributed by atoms with Crippen molar-refractivity contribution in [3.63, 3.8) is 0 Å². The maximum Gasteiger partial charge on any atom is 0.273 e. The SMILES string of the molecule is O=C(N[C@H]1CC[C@@H](c2nc(-c3ccc(Cl)cc3)c[nH]2)CC1)c1ccon1. The lowest BCUT2D eigenvalue weighted by Crippen LogP contribution is -2.37. The zero-order chi connectivity index (χ0) is 17.9. The molecule has 134 valence electrons. The lowest BCUT2D eigenvalue weighted by atomic mass is 9.85. The van der Waals surface area contributed by atoms with Crippen molar-refractivity contribution in [2.24, 2.45) is 0 Å². The van der Waals surface area contributed by atoms with Crippen LogP contribution in [0, 0.1) is 0 Å². The predicted molar refractivity (Wildman–Crippen MR) is 98.0 cm³/mol. The summed E-state index contributed by atoms with van der Waals surface area (Å²) in [5.74, 6) is 1.22. The molecular formula is C19H19ClN4O2. The molecule has 1 aliphatic carbocycles. The topological polar surface area (TPSA) is 83.8 Å². The van der Waals surface area contributed by atoms with Gasteiger partial charge in [0.1, 0.15) is 12.1 Å². The highest BCUT2D eigenvalue weighted by Gasteiger charge is 2.26. The molecule has 2 aromatic heterocycles. The number of halogens is 1. The number of aromatic amines is 1. The molecule has 0 saturated heterocycles. The van der Waals surface area contributed by atoms with E-state index in [-0.39, 0.29) is 11.9 Å². The van der Waals surface area contributed by atoms with E-state index in [0.717, 1.165) is 47.8 Å². The van der Waals surface area contributed by atoms with Gasteiger partial charge in [-0.25, -0.2) is 4.98 Å². The van der Waals surface area contributed by atoms with Crippen LogP contribution in [0.2, 0.25) is 5.02 Å². The molecule has 0 aliphatic heterocycles. The first kappa shape index (κ1) is 16.8. The van der Waals surface area contributed by atoms with Crippen molar-refractivity contribution in [1.29, 1.82) is 0 Å². The van der Waals surface area contributed by atoms with Crippen molar-refractivity contribution >= 4 is 17.5 Å². The predicted octanol–water partition coefficient (Wildman–Crippen LogP) is 4.17. The molecule has 1 aliphatic rings. The quantitative estimate of drug-likeness (QED) is 0.721. The molecule has 6 nitrogen and oxygen atoms in total. The van der Waals surface area contributed by atoms with Gasteiger partial charge in [0.25, 0.3) is 5.91 Å². The third-order valence-corrected chi connectivity index (χ3v) is 5.11. The van der Waals surface area contributed by atoms with Crippen molar-refractivity contribution in [3.05, 3.63) is 59.3 Å². The van der Waals surface area contributed by atoms with Gasteiger partial charge in [0.05, 0.1) is 5.69 Å². The third kappa shape index (κ3) is 3.65. The number of carbonyl (C=O) groups is 1. The van der Waals surface area contributed by atoms with Crippen LogP contribution in [0.25, 0.3) is 11.3 Å². The molecule has 1 saturated carbocycles. The summed E-state index contributed by atoms with van der Waals surface area (Å²) in [6, 6.07) is 9.42. The van der Waals surface area contributed by atoms with Crippen LogP contribution in [0.15, 0.2) is 47.3 Å². The maximum absolute atomic E-state index is 12.0. The Balaban J connectivity index is 1.35. The Hall–Kier alpha value is -2.60. The van der Waals surface area contributed by atoms with Gasteiger partial charge < -0.3 is 14.8 Å². The van der Waals surface area contributed by atoms with Crippen molar-refractivity contribution < 1.29 is 9.32 Å². The monoisotopic (exact) mass is 370 g/mol. The van der Waals surface area contributed by atoms with Crippen LogP contribution in [0.4, 0.5) is 0 Å². The van der Waals surface area contributed by atoms with Gasteiger partial charge in [-0.3, -0.25) is 4.79 Å². The molecule has 0 atom stereocenters. The summed E-state index contributed by atoms with van der Waals surface area (Å²) >= 11 is 5.94. The van der Waals surface area contributed by atoms with E-state index in [1.807, 2.05) is 30.5 Å². The van der Waals surface area contributed by atoms with Gasteiger partial charge >= 0.3 is 0 Å². The average molecular weight is 371 g/mol. The number of nitrogens with one attached hydrogen (secondary N) is 2. The van der Waals surface area contributed by atoms with E-state index in [1.54, 1.807) is 6.07 Å². The second-order valence-electron chi connectivity index (χ2n) is 6.58. The molecule has 0 radical (unpaired) electrons. The Morgan fingerprint density at radius 2 is 1.92 bits per heavy atom. The summed E-state index contributed by atoms with van der Waals surface area (Å²) < 4.78 is 4.71. The smallest absolute Gasteiger partial charge is 0.273 e. The minimum absolute atomic E-state index is 0.168. The van der Waals surface area contributed by atoms with E-state index in [2.05, 4.69) is 15.5 Å². The molecule has 0 bridgehead atoms. The Labute approximate surface area is 156 Å². The number of aromatic nitrogens is 3. The number of H-pyrrole nitrogens is 1. The number of hydrogen-bond donors (Lipinski definition) is 2. The number of rotatable bonds is 4. The lowest BCUT2D eigenvalue weighted by Gasteiger charge is -2.27. The standard InChI is InChI=1S/C19H19ClN4O2/c20-14-5-1-12(2-6-14)17-11-21-18(23-17)13-3-7-15(8-4-13)22-19(25)16-9-10-26-24-16/h1-2,5-6,9-11,13,15H,3-4,7-8H2,(H,21,23)(H,22,25)/t13-,15+. The third-order valence-electron chi connectivity index (χ3n) is 4.86. The summed E-state index contributed by atoms with van der Waals surface area (Å²) in [5.41, 5.74) is 2.30. The molecule has 26 heavy (non-hydrogen) atoms. The van der Waals surface area contributed by atoms with Crippen LogP contribution in [0.3, 0.4) is 0 Å². The van der Waals surface area contributed by atoms with Gasteiger partial charge in [0, 0.05) is 34.8 Å². The van der Waals surface area contributed by atoms with Crippen LogP contribution >= 0.6 is 11.6 Å². The van der Waals surface area contributed by atoms with E-state index < -0.39 is 0 Å². The molecule has 1 aromatic carbocycles. The molecule has 1 fully saturated rings. The van der Waals surface area contributed by atoms with Gasteiger partial charge in [-0.1, -0.05) is 28.9 Å². The highest BCUT2D eigenvalue weighted by Crippen LogP contribution is 2.32. The fourth-order valence-corrected chi connectivity index (χ4v) is 3.54. The maximum atomic E-state index is 12.0. The van der Waals surface area contributed by atoms with Crippen LogP contribution in [0.5, 0.6) is 0 Å². The average Bonchev–Trinajstić information content (AvgIpc) is 3.35. The molecule has 0 unspecified atom stereocenters. The number of carbonyl (C=O) groups excluding carboxylic acids is 1. The van der Waals surface area contributed by atoms with Crippen molar-refractivity contribution in [3.8, 4) is 11.3 Å². The van der Waals surface area contributed by atoms with Crippen LogP contribution in [0.1, 0.15) is 47.9 Å². The molecule has 7 heteroatoms. The van der Waals surface area contributed by atoms with Gasteiger partial charge in [-0.15, -0.1) is 0 Å². The van der Waals surface area contributed by atoms with Crippen molar-refractivity contribution in [2.45, 2.75) is 37.6 Å². The first-order chi connectivity index (χ1) is 12.7.